The number of imidazole rings is 1. The molecule has 0 bridgehead atoms. The van der Waals surface area contributed by atoms with Crippen LogP contribution in [0, 0.1) is 0 Å². The Hall–Kier alpha value is -1.39. The third-order valence-electron chi connectivity index (χ3n) is 4.19. The van der Waals surface area contributed by atoms with Crippen molar-refractivity contribution in [2.75, 3.05) is 19.6 Å². The van der Waals surface area contributed by atoms with E-state index in [1.807, 2.05) is 6.20 Å². The molecule has 1 saturated heterocycles. The number of pyridine rings is 1. The van der Waals surface area contributed by atoms with E-state index in [2.05, 4.69) is 39.4 Å². The molecular weight excluding hydrogens is 236 g/mol. The second-order valence-corrected chi connectivity index (χ2v) is 5.33. The second kappa shape index (κ2) is 5.31. The van der Waals surface area contributed by atoms with Crippen molar-refractivity contribution in [2.24, 2.45) is 5.73 Å². The van der Waals surface area contributed by atoms with Gasteiger partial charge in [0, 0.05) is 24.7 Å². The van der Waals surface area contributed by atoms with Crippen LogP contribution in [0.4, 0.5) is 0 Å². The van der Waals surface area contributed by atoms with Crippen molar-refractivity contribution in [1.82, 2.24) is 14.3 Å². The Morgan fingerprint density at radius 2 is 2.32 bits per heavy atom. The summed E-state index contributed by atoms with van der Waals surface area (Å²) < 4.78 is 2.25. The molecule has 0 saturated carbocycles. The molecule has 4 heteroatoms. The van der Waals surface area contributed by atoms with Gasteiger partial charge in [-0.3, -0.25) is 4.40 Å². The van der Waals surface area contributed by atoms with Gasteiger partial charge in [0.15, 0.2) is 0 Å². The lowest BCUT2D eigenvalue weighted by Gasteiger charge is -2.31. The molecule has 1 aliphatic heterocycles. The Morgan fingerprint density at radius 1 is 1.42 bits per heavy atom. The van der Waals surface area contributed by atoms with Crippen molar-refractivity contribution in [3.05, 3.63) is 35.9 Å². The Morgan fingerprint density at radius 3 is 3.11 bits per heavy atom. The first-order valence-corrected chi connectivity index (χ1v) is 7.21. The molecule has 19 heavy (non-hydrogen) atoms. The fourth-order valence-electron chi connectivity index (χ4n) is 3.14. The predicted molar refractivity (Wildman–Crippen MR) is 77.2 cm³/mol. The summed E-state index contributed by atoms with van der Waals surface area (Å²) in [4.78, 5) is 7.19. The number of piperidine rings is 1. The molecule has 1 atom stereocenters. The zero-order chi connectivity index (χ0) is 13.2. The fourth-order valence-corrected chi connectivity index (χ4v) is 3.14. The number of rotatable bonds is 3. The Kier molecular flexibility index (Phi) is 3.53. The van der Waals surface area contributed by atoms with Gasteiger partial charge in [-0.2, -0.15) is 0 Å². The van der Waals surface area contributed by atoms with Crippen LogP contribution in [0.1, 0.15) is 37.2 Å². The highest BCUT2D eigenvalue weighted by Crippen LogP contribution is 2.27. The summed E-state index contributed by atoms with van der Waals surface area (Å²) in [7, 11) is 0. The standard InChI is InChI=1S/C15H22N4/c1-2-18-8-4-5-12(11-18)15-17-10-14-7-3-6-13(9-16)19(14)15/h3,6-7,10,12H,2,4-5,8-9,11,16H2,1H3. The number of nitrogens with two attached hydrogens (primary N) is 1. The van der Waals surface area contributed by atoms with Crippen molar-refractivity contribution < 1.29 is 0 Å². The first-order chi connectivity index (χ1) is 9.33. The number of likely N-dealkylation sites (tertiary alicyclic amines) is 1. The lowest BCUT2D eigenvalue weighted by molar-refractivity contribution is 0.213. The maximum Gasteiger partial charge on any atom is 0.117 e. The molecule has 0 spiro atoms. The van der Waals surface area contributed by atoms with Crippen molar-refractivity contribution in [2.45, 2.75) is 32.2 Å². The minimum absolute atomic E-state index is 0.531. The molecule has 3 heterocycles. The van der Waals surface area contributed by atoms with Gasteiger partial charge in [0.25, 0.3) is 0 Å². The van der Waals surface area contributed by atoms with Gasteiger partial charge in [-0.25, -0.2) is 4.98 Å². The summed E-state index contributed by atoms with van der Waals surface area (Å²) in [6.45, 7) is 6.26. The van der Waals surface area contributed by atoms with Gasteiger partial charge in [-0.15, -0.1) is 0 Å². The number of fused-ring (bicyclic) bond motifs is 1. The van der Waals surface area contributed by atoms with E-state index in [0.29, 0.717) is 12.5 Å². The summed E-state index contributed by atoms with van der Waals surface area (Å²) in [6, 6.07) is 6.26. The molecule has 3 rings (SSSR count). The maximum absolute atomic E-state index is 5.87. The molecular formula is C15H22N4. The van der Waals surface area contributed by atoms with Crippen LogP contribution in [0.15, 0.2) is 24.4 Å². The molecule has 0 amide bonds. The lowest BCUT2D eigenvalue weighted by atomic mass is 9.97. The van der Waals surface area contributed by atoms with Crippen molar-refractivity contribution in [3.8, 4) is 0 Å². The molecule has 1 fully saturated rings. The van der Waals surface area contributed by atoms with E-state index < -0.39 is 0 Å². The van der Waals surface area contributed by atoms with Gasteiger partial charge in [0.2, 0.25) is 0 Å². The van der Waals surface area contributed by atoms with Crippen LogP contribution in [0.3, 0.4) is 0 Å². The van der Waals surface area contributed by atoms with Crippen LogP contribution in [0.2, 0.25) is 0 Å². The maximum atomic E-state index is 5.87. The lowest BCUT2D eigenvalue weighted by Crippen LogP contribution is -2.34. The van der Waals surface area contributed by atoms with E-state index in [0.717, 1.165) is 24.3 Å². The van der Waals surface area contributed by atoms with E-state index in [-0.39, 0.29) is 0 Å². The zero-order valence-corrected chi connectivity index (χ0v) is 11.5. The average Bonchev–Trinajstić information content (AvgIpc) is 2.91. The Balaban J connectivity index is 2.00. The van der Waals surface area contributed by atoms with Crippen LogP contribution in [-0.4, -0.2) is 33.9 Å². The Bertz CT molecular complexity index is 560. The molecule has 2 aromatic heterocycles. The average molecular weight is 258 g/mol. The smallest absolute Gasteiger partial charge is 0.117 e. The summed E-state index contributed by atoms with van der Waals surface area (Å²) in [5, 5.41) is 0. The second-order valence-electron chi connectivity index (χ2n) is 5.33. The highest BCUT2D eigenvalue weighted by atomic mass is 15.1. The number of aromatic nitrogens is 2. The van der Waals surface area contributed by atoms with Crippen LogP contribution in [0.25, 0.3) is 5.52 Å². The minimum atomic E-state index is 0.531. The van der Waals surface area contributed by atoms with Gasteiger partial charge >= 0.3 is 0 Å². The van der Waals surface area contributed by atoms with Crippen molar-refractivity contribution in [3.63, 3.8) is 0 Å². The number of hydrogen-bond acceptors (Lipinski definition) is 3. The van der Waals surface area contributed by atoms with Crippen molar-refractivity contribution >= 4 is 5.52 Å². The molecule has 1 aliphatic rings. The molecule has 1 unspecified atom stereocenters. The molecule has 2 aromatic rings. The summed E-state index contributed by atoms with van der Waals surface area (Å²) >= 11 is 0. The molecule has 102 valence electrons. The zero-order valence-electron chi connectivity index (χ0n) is 11.5. The highest BCUT2D eigenvalue weighted by Gasteiger charge is 2.24. The monoisotopic (exact) mass is 258 g/mol. The normalized spacial score (nSPS) is 21.1. The molecule has 2 N–H and O–H groups in total. The number of hydrogen-bond donors (Lipinski definition) is 1. The summed E-state index contributed by atoms with van der Waals surface area (Å²) in [5.41, 5.74) is 8.18. The number of likely N-dealkylation sites (N-methyl/N-ethyl adjacent to an activating group) is 1. The van der Waals surface area contributed by atoms with Crippen molar-refractivity contribution in [1.29, 1.82) is 0 Å². The summed E-state index contributed by atoms with van der Waals surface area (Å²) in [5.74, 6) is 1.72. The molecule has 0 aliphatic carbocycles. The summed E-state index contributed by atoms with van der Waals surface area (Å²) in [6.07, 6.45) is 4.46. The highest BCUT2D eigenvalue weighted by molar-refractivity contribution is 5.48. The minimum Gasteiger partial charge on any atom is -0.325 e. The van der Waals surface area contributed by atoms with Crippen LogP contribution in [0.5, 0.6) is 0 Å². The van der Waals surface area contributed by atoms with E-state index in [9.17, 15) is 0 Å². The van der Waals surface area contributed by atoms with Crippen LogP contribution >= 0.6 is 0 Å². The van der Waals surface area contributed by atoms with Gasteiger partial charge in [0.05, 0.1) is 11.7 Å². The Labute approximate surface area is 114 Å². The number of nitrogens with zero attached hydrogens (tertiary/aromatic N) is 3. The van der Waals surface area contributed by atoms with Gasteiger partial charge in [0.1, 0.15) is 5.82 Å². The predicted octanol–water partition coefficient (Wildman–Crippen LogP) is 1.99. The quantitative estimate of drug-likeness (QED) is 0.916. The molecule has 0 radical (unpaired) electrons. The van der Waals surface area contributed by atoms with E-state index in [1.54, 1.807) is 0 Å². The largest absolute Gasteiger partial charge is 0.325 e. The van der Waals surface area contributed by atoms with Gasteiger partial charge < -0.3 is 10.6 Å². The molecule has 4 nitrogen and oxygen atoms in total. The SMILES string of the molecule is CCN1CCCC(c2ncc3cccc(CN)n23)C1. The van der Waals surface area contributed by atoms with Gasteiger partial charge in [-0.1, -0.05) is 13.0 Å². The van der Waals surface area contributed by atoms with Gasteiger partial charge in [-0.05, 0) is 38.1 Å². The van der Waals surface area contributed by atoms with E-state index in [1.165, 1.54) is 25.2 Å². The molecule has 0 aromatic carbocycles. The first kappa shape index (κ1) is 12.6. The topological polar surface area (TPSA) is 46.6 Å². The van der Waals surface area contributed by atoms with Crippen LogP contribution in [-0.2, 0) is 6.54 Å². The third-order valence-corrected chi connectivity index (χ3v) is 4.19. The van der Waals surface area contributed by atoms with E-state index in [4.69, 9.17) is 5.73 Å². The fraction of sp³-hybridized carbons (Fsp3) is 0.533. The van der Waals surface area contributed by atoms with Crippen LogP contribution < -0.4 is 5.73 Å². The third kappa shape index (κ3) is 2.26. The van der Waals surface area contributed by atoms with E-state index >= 15 is 0 Å². The first-order valence-electron chi connectivity index (χ1n) is 7.21.